The molecule has 0 saturated heterocycles. The molecule has 0 spiro atoms. The maximum absolute atomic E-state index is 5.56. The molecule has 0 aliphatic heterocycles. The van der Waals surface area contributed by atoms with Crippen LogP contribution in [-0.4, -0.2) is 19.8 Å². The number of hydrogen-bond acceptors (Lipinski definition) is 2. The van der Waals surface area contributed by atoms with Gasteiger partial charge in [0, 0.05) is 11.1 Å². The predicted molar refractivity (Wildman–Crippen MR) is 74.5 cm³/mol. The topological polar surface area (TPSA) is 18.5 Å². The molecule has 0 heterocycles. The third-order valence-corrected chi connectivity index (χ3v) is 3.02. The molecule has 0 N–H and O–H groups in total. The summed E-state index contributed by atoms with van der Waals surface area (Å²) in [5.41, 5.74) is 0. The molecule has 0 radical (unpaired) electrons. The average molecular weight is 301 g/mol. The van der Waals surface area contributed by atoms with E-state index in [1.54, 1.807) is 0 Å². The third-order valence-electron chi connectivity index (χ3n) is 2.49. The van der Waals surface area contributed by atoms with Crippen LogP contribution in [0.25, 0.3) is 0 Å². The molecule has 0 aliphatic rings. The zero-order valence-corrected chi connectivity index (χ0v) is 12.2. The lowest BCUT2D eigenvalue weighted by Gasteiger charge is -2.11. The molecule has 1 unspecified atom stereocenters. The van der Waals surface area contributed by atoms with Crippen LogP contribution in [-0.2, 0) is 4.74 Å². The standard InChI is InChI=1S/C14H21BrO2/c1-3-4-12(2)11-16-9-10-17-14-7-5-13(15)6-8-14/h5-8,12H,3-4,9-11H2,1-2H3. The lowest BCUT2D eigenvalue weighted by Crippen LogP contribution is -2.11. The molecular formula is C14H21BrO2. The molecule has 0 fully saturated rings. The van der Waals surface area contributed by atoms with Crippen molar-refractivity contribution < 1.29 is 9.47 Å². The van der Waals surface area contributed by atoms with Crippen LogP contribution in [0.2, 0.25) is 0 Å². The van der Waals surface area contributed by atoms with Crippen LogP contribution < -0.4 is 4.74 Å². The Morgan fingerprint density at radius 2 is 1.88 bits per heavy atom. The van der Waals surface area contributed by atoms with Gasteiger partial charge in [-0.2, -0.15) is 0 Å². The van der Waals surface area contributed by atoms with Crippen molar-refractivity contribution in [1.29, 1.82) is 0 Å². The Hall–Kier alpha value is -0.540. The fourth-order valence-electron chi connectivity index (χ4n) is 1.61. The van der Waals surface area contributed by atoms with E-state index in [0.717, 1.165) is 16.8 Å². The molecule has 1 atom stereocenters. The van der Waals surface area contributed by atoms with Crippen LogP contribution in [0.15, 0.2) is 28.7 Å². The largest absolute Gasteiger partial charge is 0.491 e. The zero-order valence-electron chi connectivity index (χ0n) is 10.6. The Labute approximate surface area is 112 Å². The highest BCUT2D eigenvalue weighted by molar-refractivity contribution is 9.10. The van der Waals surface area contributed by atoms with E-state index in [4.69, 9.17) is 9.47 Å². The molecule has 96 valence electrons. The molecule has 17 heavy (non-hydrogen) atoms. The molecule has 0 aromatic heterocycles. The van der Waals surface area contributed by atoms with Gasteiger partial charge < -0.3 is 9.47 Å². The van der Waals surface area contributed by atoms with Gasteiger partial charge in [0.05, 0.1) is 6.61 Å². The lowest BCUT2D eigenvalue weighted by atomic mass is 10.1. The molecule has 0 amide bonds. The van der Waals surface area contributed by atoms with E-state index < -0.39 is 0 Å². The Kier molecular flexibility index (Phi) is 7.29. The second-order valence-corrected chi connectivity index (χ2v) is 5.19. The van der Waals surface area contributed by atoms with Crippen molar-refractivity contribution in [3.63, 3.8) is 0 Å². The summed E-state index contributed by atoms with van der Waals surface area (Å²) in [6.07, 6.45) is 2.45. The molecule has 1 aromatic rings. The minimum Gasteiger partial charge on any atom is -0.491 e. The second-order valence-electron chi connectivity index (χ2n) is 4.27. The zero-order chi connectivity index (χ0) is 12.5. The van der Waals surface area contributed by atoms with Gasteiger partial charge in [-0.1, -0.05) is 36.2 Å². The van der Waals surface area contributed by atoms with Crippen LogP contribution in [0.1, 0.15) is 26.7 Å². The summed E-state index contributed by atoms with van der Waals surface area (Å²) in [7, 11) is 0. The molecule has 1 aromatic carbocycles. The first-order valence-corrected chi connectivity index (χ1v) is 6.97. The van der Waals surface area contributed by atoms with E-state index in [-0.39, 0.29) is 0 Å². The molecular weight excluding hydrogens is 280 g/mol. The van der Waals surface area contributed by atoms with Gasteiger partial charge in [-0.05, 0) is 36.6 Å². The van der Waals surface area contributed by atoms with Crippen molar-refractivity contribution in [3.05, 3.63) is 28.7 Å². The SMILES string of the molecule is CCCC(C)COCCOc1ccc(Br)cc1. The smallest absolute Gasteiger partial charge is 0.119 e. The van der Waals surface area contributed by atoms with E-state index in [2.05, 4.69) is 29.8 Å². The van der Waals surface area contributed by atoms with Crippen molar-refractivity contribution >= 4 is 15.9 Å². The first kappa shape index (κ1) is 14.5. The summed E-state index contributed by atoms with van der Waals surface area (Å²) in [4.78, 5) is 0. The number of halogens is 1. The van der Waals surface area contributed by atoms with Gasteiger partial charge in [0.1, 0.15) is 12.4 Å². The summed E-state index contributed by atoms with van der Waals surface area (Å²) in [5.74, 6) is 1.53. The van der Waals surface area contributed by atoms with Crippen LogP contribution in [0.3, 0.4) is 0 Å². The van der Waals surface area contributed by atoms with Gasteiger partial charge in [-0.15, -0.1) is 0 Å². The molecule has 0 bridgehead atoms. The Bertz CT molecular complexity index is 298. The molecule has 1 rings (SSSR count). The number of rotatable bonds is 8. The van der Waals surface area contributed by atoms with Crippen molar-refractivity contribution in [1.82, 2.24) is 0 Å². The van der Waals surface area contributed by atoms with E-state index in [9.17, 15) is 0 Å². The second kappa shape index (κ2) is 8.54. The minimum atomic E-state index is 0.612. The highest BCUT2D eigenvalue weighted by Crippen LogP contribution is 2.15. The Morgan fingerprint density at radius 1 is 1.18 bits per heavy atom. The third kappa shape index (κ3) is 6.69. The molecule has 0 saturated carbocycles. The lowest BCUT2D eigenvalue weighted by molar-refractivity contribution is 0.0758. The van der Waals surface area contributed by atoms with Gasteiger partial charge in [0.2, 0.25) is 0 Å². The number of ether oxygens (including phenoxy) is 2. The van der Waals surface area contributed by atoms with E-state index >= 15 is 0 Å². The normalized spacial score (nSPS) is 12.4. The van der Waals surface area contributed by atoms with Crippen LogP contribution in [0.4, 0.5) is 0 Å². The minimum absolute atomic E-state index is 0.612. The summed E-state index contributed by atoms with van der Waals surface area (Å²) < 4.78 is 12.2. The van der Waals surface area contributed by atoms with E-state index in [1.165, 1.54) is 12.8 Å². The average Bonchev–Trinajstić information content (AvgIpc) is 2.31. The van der Waals surface area contributed by atoms with Crippen LogP contribution in [0, 0.1) is 5.92 Å². The monoisotopic (exact) mass is 300 g/mol. The fourth-order valence-corrected chi connectivity index (χ4v) is 1.87. The maximum atomic E-state index is 5.56. The quantitative estimate of drug-likeness (QED) is 0.667. The maximum Gasteiger partial charge on any atom is 0.119 e. The first-order valence-electron chi connectivity index (χ1n) is 6.18. The number of hydrogen-bond donors (Lipinski definition) is 0. The van der Waals surface area contributed by atoms with E-state index in [0.29, 0.717) is 19.1 Å². The predicted octanol–water partition coefficient (Wildman–Crippen LogP) is 4.28. The first-order chi connectivity index (χ1) is 8.22. The molecule has 3 heteroatoms. The van der Waals surface area contributed by atoms with Crippen LogP contribution in [0.5, 0.6) is 5.75 Å². The summed E-state index contributed by atoms with van der Waals surface area (Å²) in [5, 5.41) is 0. The van der Waals surface area contributed by atoms with Gasteiger partial charge in [0.15, 0.2) is 0 Å². The van der Waals surface area contributed by atoms with E-state index in [1.807, 2.05) is 24.3 Å². The van der Waals surface area contributed by atoms with Gasteiger partial charge in [-0.3, -0.25) is 0 Å². The van der Waals surface area contributed by atoms with Crippen molar-refractivity contribution in [2.24, 2.45) is 5.92 Å². The Morgan fingerprint density at radius 3 is 2.53 bits per heavy atom. The van der Waals surface area contributed by atoms with Gasteiger partial charge >= 0.3 is 0 Å². The molecule has 2 nitrogen and oxygen atoms in total. The van der Waals surface area contributed by atoms with Gasteiger partial charge in [0.25, 0.3) is 0 Å². The Balaban J connectivity index is 2.06. The van der Waals surface area contributed by atoms with Crippen LogP contribution >= 0.6 is 15.9 Å². The highest BCUT2D eigenvalue weighted by atomic mass is 79.9. The number of benzene rings is 1. The summed E-state index contributed by atoms with van der Waals surface area (Å²) in [6.45, 7) is 6.52. The van der Waals surface area contributed by atoms with Gasteiger partial charge in [-0.25, -0.2) is 0 Å². The fraction of sp³-hybridized carbons (Fsp3) is 0.571. The van der Waals surface area contributed by atoms with Crippen molar-refractivity contribution in [3.8, 4) is 5.75 Å². The molecule has 0 aliphatic carbocycles. The van der Waals surface area contributed by atoms with Crippen molar-refractivity contribution in [2.75, 3.05) is 19.8 Å². The summed E-state index contributed by atoms with van der Waals surface area (Å²) >= 11 is 3.39. The summed E-state index contributed by atoms with van der Waals surface area (Å²) in [6, 6.07) is 7.84. The highest BCUT2D eigenvalue weighted by Gasteiger charge is 2.00. The van der Waals surface area contributed by atoms with Crippen molar-refractivity contribution in [2.45, 2.75) is 26.7 Å².